The first-order chi connectivity index (χ1) is 12.8. The van der Waals surface area contributed by atoms with Crippen molar-refractivity contribution in [2.75, 3.05) is 18.4 Å². The quantitative estimate of drug-likeness (QED) is 0.868. The second-order valence-electron chi connectivity index (χ2n) is 6.54. The first-order valence-electron chi connectivity index (χ1n) is 8.59. The van der Waals surface area contributed by atoms with Crippen LogP contribution in [0.4, 0.5) is 10.1 Å². The average molecular weight is 392 g/mol. The van der Waals surface area contributed by atoms with Gasteiger partial charge in [0.1, 0.15) is 5.82 Å². The molecule has 1 aliphatic rings. The standard InChI is InChI=1S/C19H21FN2O4S/c1-13-11-22(12-14(2)26-13)27(24,25)16-7-5-6-15(10-16)19(23)21-18-9-4-3-8-17(18)20/h3-10,13-14H,11-12H2,1-2H3,(H,21,23)/t13-,14-/m0/s1. The van der Waals surface area contributed by atoms with Crippen LogP contribution in [0.1, 0.15) is 24.2 Å². The third-order valence-corrected chi connectivity index (χ3v) is 6.07. The molecular formula is C19H21FN2O4S. The Kier molecular flexibility index (Phi) is 5.59. The van der Waals surface area contributed by atoms with Crippen molar-refractivity contribution in [2.45, 2.75) is 31.0 Å². The van der Waals surface area contributed by atoms with Crippen molar-refractivity contribution in [3.8, 4) is 0 Å². The third kappa shape index (κ3) is 4.35. The number of morpholine rings is 1. The molecule has 2 aromatic carbocycles. The number of ether oxygens (including phenoxy) is 1. The molecule has 1 N–H and O–H groups in total. The summed E-state index contributed by atoms with van der Waals surface area (Å²) in [7, 11) is -3.77. The molecule has 0 bridgehead atoms. The minimum Gasteiger partial charge on any atom is -0.373 e. The highest BCUT2D eigenvalue weighted by molar-refractivity contribution is 7.89. The SMILES string of the molecule is C[C@H]1CN(S(=O)(=O)c2cccc(C(=O)Nc3ccccc3F)c2)C[C@H](C)O1. The van der Waals surface area contributed by atoms with E-state index < -0.39 is 21.7 Å². The van der Waals surface area contributed by atoms with Crippen molar-refractivity contribution in [1.29, 1.82) is 0 Å². The van der Waals surface area contributed by atoms with E-state index in [0.29, 0.717) is 0 Å². The maximum Gasteiger partial charge on any atom is 0.255 e. The molecule has 2 atom stereocenters. The summed E-state index contributed by atoms with van der Waals surface area (Å²) in [5.74, 6) is -1.15. The number of para-hydroxylation sites is 1. The van der Waals surface area contributed by atoms with Crippen LogP contribution in [0.15, 0.2) is 53.4 Å². The number of hydrogen-bond donors (Lipinski definition) is 1. The Balaban J connectivity index is 1.84. The normalized spacial score (nSPS) is 21.0. The zero-order valence-corrected chi connectivity index (χ0v) is 15.9. The number of rotatable bonds is 4. The molecule has 6 nitrogen and oxygen atoms in total. The largest absolute Gasteiger partial charge is 0.373 e. The maximum atomic E-state index is 13.7. The highest BCUT2D eigenvalue weighted by Gasteiger charge is 2.32. The van der Waals surface area contributed by atoms with Crippen LogP contribution in [-0.2, 0) is 14.8 Å². The first-order valence-corrected chi connectivity index (χ1v) is 10.0. The highest BCUT2D eigenvalue weighted by Crippen LogP contribution is 2.22. The summed E-state index contributed by atoms with van der Waals surface area (Å²) in [6, 6.07) is 11.5. The number of sulfonamides is 1. The lowest BCUT2D eigenvalue weighted by atomic mass is 10.2. The van der Waals surface area contributed by atoms with Crippen LogP contribution in [0.25, 0.3) is 0 Å². The molecule has 0 aliphatic carbocycles. The predicted octanol–water partition coefficient (Wildman–Crippen LogP) is 2.88. The van der Waals surface area contributed by atoms with Crippen molar-refractivity contribution >= 4 is 21.6 Å². The monoisotopic (exact) mass is 392 g/mol. The molecule has 8 heteroatoms. The van der Waals surface area contributed by atoms with Gasteiger partial charge >= 0.3 is 0 Å². The fraction of sp³-hybridized carbons (Fsp3) is 0.316. The fourth-order valence-corrected chi connectivity index (χ4v) is 4.67. The van der Waals surface area contributed by atoms with E-state index in [2.05, 4.69) is 5.32 Å². The van der Waals surface area contributed by atoms with Crippen molar-refractivity contribution in [2.24, 2.45) is 0 Å². The summed E-state index contributed by atoms with van der Waals surface area (Å²) in [5.41, 5.74) is 0.167. The molecule has 1 saturated heterocycles. The summed E-state index contributed by atoms with van der Waals surface area (Å²) in [5, 5.41) is 2.46. The van der Waals surface area contributed by atoms with E-state index in [4.69, 9.17) is 4.74 Å². The minimum atomic E-state index is -3.77. The summed E-state index contributed by atoms with van der Waals surface area (Å²) in [6.45, 7) is 4.13. The molecule has 1 amide bonds. The van der Waals surface area contributed by atoms with Gasteiger partial charge in [-0.3, -0.25) is 4.79 Å². The molecule has 1 heterocycles. The van der Waals surface area contributed by atoms with Crippen LogP contribution < -0.4 is 5.32 Å². The van der Waals surface area contributed by atoms with Crippen molar-refractivity contribution in [3.63, 3.8) is 0 Å². The van der Waals surface area contributed by atoms with Gasteiger partial charge in [-0.15, -0.1) is 0 Å². The molecule has 2 aromatic rings. The van der Waals surface area contributed by atoms with Gasteiger partial charge in [0.25, 0.3) is 5.91 Å². The summed E-state index contributed by atoms with van der Waals surface area (Å²) in [6.07, 6.45) is -0.424. The highest BCUT2D eigenvalue weighted by atomic mass is 32.2. The number of halogens is 1. The van der Waals surface area contributed by atoms with Crippen LogP contribution >= 0.6 is 0 Å². The Labute approximate surface area is 158 Å². The summed E-state index contributed by atoms with van der Waals surface area (Å²) >= 11 is 0. The molecule has 0 aromatic heterocycles. The molecule has 0 spiro atoms. The number of carbonyl (C=O) groups excluding carboxylic acids is 1. The maximum absolute atomic E-state index is 13.7. The smallest absolute Gasteiger partial charge is 0.255 e. The van der Waals surface area contributed by atoms with Crippen LogP contribution in [0, 0.1) is 5.82 Å². The van der Waals surface area contributed by atoms with Gasteiger partial charge in [-0.2, -0.15) is 4.31 Å². The number of anilines is 1. The number of amides is 1. The van der Waals surface area contributed by atoms with Gasteiger partial charge in [-0.25, -0.2) is 12.8 Å². The molecular weight excluding hydrogens is 371 g/mol. The van der Waals surface area contributed by atoms with E-state index in [1.807, 2.05) is 13.8 Å². The second-order valence-corrected chi connectivity index (χ2v) is 8.48. The molecule has 3 rings (SSSR count). The lowest BCUT2D eigenvalue weighted by molar-refractivity contribution is -0.0440. The molecule has 0 unspecified atom stereocenters. The van der Waals surface area contributed by atoms with Crippen LogP contribution in [0.3, 0.4) is 0 Å². The fourth-order valence-electron chi connectivity index (χ4n) is 3.03. The zero-order chi connectivity index (χ0) is 19.6. The Bertz CT molecular complexity index is 938. The molecule has 144 valence electrons. The van der Waals surface area contributed by atoms with Crippen molar-refractivity contribution in [1.82, 2.24) is 4.31 Å². The van der Waals surface area contributed by atoms with E-state index in [9.17, 15) is 17.6 Å². The molecule has 0 radical (unpaired) electrons. The molecule has 1 aliphatic heterocycles. The van der Waals surface area contributed by atoms with Crippen LogP contribution in [0.5, 0.6) is 0 Å². The van der Waals surface area contributed by atoms with Gasteiger partial charge < -0.3 is 10.1 Å². The number of hydrogen-bond acceptors (Lipinski definition) is 4. The lowest BCUT2D eigenvalue weighted by Crippen LogP contribution is -2.48. The van der Waals surface area contributed by atoms with Gasteiger partial charge in [0.05, 0.1) is 22.8 Å². The summed E-state index contributed by atoms with van der Waals surface area (Å²) in [4.78, 5) is 12.4. The topological polar surface area (TPSA) is 75.7 Å². The van der Waals surface area contributed by atoms with E-state index >= 15 is 0 Å². The Hall–Kier alpha value is -2.29. The second kappa shape index (κ2) is 7.75. The molecule has 0 saturated carbocycles. The van der Waals surface area contributed by atoms with Crippen LogP contribution in [-0.4, -0.2) is 43.9 Å². The number of nitrogens with one attached hydrogen (secondary N) is 1. The number of benzene rings is 2. The van der Waals surface area contributed by atoms with Gasteiger partial charge in [-0.1, -0.05) is 18.2 Å². The minimum absolute atomic E-state index is 0.0185. The summed E-state index contributed by atoms with van der Waals surface area (Å²) < 4.78 is 46.6. The van der Waals surface area contributed by atoms with Crippen molar-refractivity contribution in [3.05, 3.63) is 59.9 Å². The Morgan fingerprint density at radius 1 is 1.11 bits per heavy atom. The molecule has 1 fully saturated rings. The predicted molar refractivity (Wildman–Crippen MR) is 99.6 cm³/mol. The Morgan fingerprint density at radius 2 is 1.78 bits per heavy atom. The van der Waals surface area contributed by atoms with Gasteiger partial charge in [-0.05, 0) is 44.2 Å². The molecule has 27 heavy (non-hydrogen) atoms. The van der Waals surface area contributed by atoms with E-state index in [-0.39, 0.29) is 41.4 Å². The number of nitrogens with zero attached hydrogens (tertiary/aromatic N) is 1. The third-order valence-electron chi connectivity index (χ3n) is 4.24. The lowest BCUT2D eigenvalue weighted by Gasteiger charge is -2.34. The van der Waals surface area contributed by atoms with Gasteiger partial charge in [0.2, 0.25) is 10.0 Å². The number of carbonyl (C=O) groups is 1. The first kappa shape index (κ1) is 19.5. The van der Waals surface area contributed by atoms with Gasteiger partial charge in [0, 0.05) is 18.7 Å². The van der Waals surface area contributed by atoms with Gasteiger partial charge in [0.15, 0.2) is 0 Å². The van der Waals surface area contributed by atoms with E-state index in [1.54, 1.807) is 6.07 Å². The van der Waals surface area contributed by atoms with E-state index in [1.165, 1.54) is 46.8 Å². The Morgan fingerprint density at radius 3 is 2.44 bits per heavy atom. The van der Waals surface area contributed by atoms with Crippen molar-refractivity contribution < 1.29 is 22.3 Å². The zero-order valence-electron chi connectivity index (χ0n) is 15.1. The van der Waals surface area contributed by atoms with E-state index in [0.717, 1.165) is 0 Å². The van der Waals surface area contributed by atoms with Crippen LogP contribution in [0.2, 0.25) is 0 Å². The average Bonchev–Trinajstić information content (AvgIpc) is 2.63.